The van der Waals surface area contributed by atoms with Gasteiger partial charge in [0.05, 0.1) is 12.1 Å². The van der Waals surface area contributed by atoms with Crippen LogP contribution in [0.2, 0.25) is 0 Å². The molecule has 0 bridgehead atoms. The Bertz CT molecular complexity index is 341. The lowest BCUT2D eigenvalue weighted by molar-refractivity contribution is 0.162. The van der Waals surface area contributed by atoms with Crippen LogP contribution < -0.4 is 5.73 Å². The van der Waals surface area contributed by atoms with E-state index in [1.807, 2.05) is 0 Å². The lowest BCUT2D eigenvalue weighted by Gasteiger charge is -2.15. The number of nitrogens with two attached hydrogens (primary N) is 1. The van der Waals surface area contributed by atoms with Gasteiger partial charge in [0.25, 0.3) is 0 Å². The fourth-order valence-corrected chi connectivity index (χ4v) is 1.06. The van der Waals surface area contributed by atoms with Crippen LogP contribution in [-0.4, -0.2) is 11.2 Å². The van der Waals surface area contributed by atoms with Crippen molar-refractivity contribution in [3.05, 3.63) is 35.1 Å². The Balaban J connectivity index is 3.17. The summed E-state index contributed by atoms with van der Waals surface area (Å²) in [5.41, 5.74) is 5.14. The van der Waals surface area contributed by atoms with E-state index in [9.17, 15) is 13.2 Å². The number of benzene rings is 1. The van der Waals surface area contributed by atoms with Gasteiger partial charge in [-0.1, -0.05) is 6.07 Å². The summed E-state index contributed by atoms with van der Waals surface area (Å²) in [7, 11) is 0. The molecule has 0 aliphatic carbocycles. The number of rotatable bonds is 2. The first-order valence-corrected chi connectivity index (χ1v) is 4.02. The second kappa shape index (κ2) is 3.98. The lowest BCUT2D eigenvalue weighted by Crippen LogP contribution is -2.24. The van der Waals surface area contributed by atoms with Gasteiger partial charge in [-0.2, -0.15) is 0 Å². The highest BCUT2D eigenvalue weighted by molar-refractivity contribution is 5.24. The standard InChI is InChI=1S/C9H10F3NO/c1-4(14)9(13)5-2-3-6(10)8(12)7(5)11/h2-4,9,14H,13H2,1H3/t4-,9+/m0/s1. The summed E-state index contributed by atoms with van der Waals surface area (Å²) in [4.78, 5) is 0. The van der Waals surface area contributed by atoms with Crippen LogP contribution in [-0.2, 0) is 0 Å². The molecule has 0 heterocycles. The maximum absolute atomic E-state index is 13.1. The molecule has 5 heteroatoms. The van der Waals surface area contributed by atoms with Crippen molar-refractivity contribution in [1.29, 1.82) is 0 Å². The highest BCUT2D eigenvalue weighted by Crippen LogP contribution is 2.21. The van der Waals surface area contributed by atoms with Gasteiger partial charge in [-0.25, -0.2) is 13.2 Å². The molecule has 0 fully saturated rings. The Labute approximate surface area is 79.2 Å². The molecular formula is C9H10F3NO. The van der Waals surface area contributed by atoms with Crippen LogP contribution in [0.3, 0.4) is 0 Å². The average molecular weight is 205 g/mol. The van der Waals surface area contributed by atoms with E-state index in [1.54, 1.807) is 0 Å². The Kier molecular flexibility index (Phi) is 3.13. The normalized spacial score (nSPS) is 15.3. The predicted molar refractivity (Wildman–Crippen MR) is 44.9 cm³/mol. The van der Waals surface area contributed by atoms with Gasteiger partial charge in [-0.3, -0.25) is 0 Å². The van der Waals surface area contributed by atoms with E-state index < -0.39 is 29.6 Å². The summed E-state index contributed by atoms with van der Waals surface area (Å²) < 4.78 is 38.3. The summed E-state index contributed by atoms with van der Waals surface area (Å²) in [5, 5.41) is 9.05. The second-order valence-corrected chi connectivity index (χ2v) is 3.03. The van der Waals surface area contributed by atoms with E-state index >= 15 is 0 Å². The van der Waals surface area contributed by atoms with Gasteiger partial charge in [-0.05, 0) is 13.0 Å². The zero-order valence-corrected chi connectivity index (χ0v) is 7.47. The van der Waals surface area contributed by atoms with E-state index in [2.05, 4.69) is 0 Å². The number of halogens is 3. The van der Waals surface area contributed by atoms with Gasteiger partial charge in [0.2, 0.25) is 0 Å². The minimum absolute atomic E-state index is 0.237. The Morgan fingerprint density at radius 2 is 1.79 bits per heavy atom. The summed E-state index contributed by atoms with van der Waals surface area (Å²) in [6, 6.07) is 0.728. The molecule has 78 valence electrons. The highest BCUT2D eigenvalue weighted by atomic mass is 19.2. The molecule has 0 radical (unpaired) electrons. The third-order valence-corrected chi connectivity index (χ3v) is 1.94. The molecule has 2 atom stereocenters. The van der Waals surface area contributed by atoms with Crippen LogP contribution in [0.5, 0.6) is 0 Å². The van der Waals surface area contributed by atoms with Crippen LogP contribution >= 0.6 is 0 Å². The molecule has 1 aromatic carbocycles. The first-order chi connectivity index (χ1) is 6.45. The molecule has 0 aliphatic rings. The maximum Gasteiger partial charge on any atom is 0.194 e. The lowest BCUT2D eigenvalue weighted by atomic mass is 10.0. The molecule has 0 aliphatic heterocycles. The molecule has 0 saturated heterocycles. The molecule has 0 amide bonds. The van der Waals surface area contributed by atoms with Crippen molar-refractivity contribution >= 4 is 0 Å². The fourth-order valence-electron chi connectivity index (χ4n) is 1.06. The fraction of sp³-hybridized carbons (Fsp3) is 0.333. The quantitative estimate of drug-likeness (QED) is 0.718. The molecule has 1 rings (SSSR count). The smallest absolute Gasteiger partial charge is 0.194 e. The number of hydrogen-bond donors (Lipinski definition) is 2. The van der Waals surface area contributed by atoms with Crippen LogP contribution in [0.4, 0.5) is 13.2 Å². The van der Waals surface area contributed by atoms with Crippen molar-refractivity contribution in [3.63, 3.8) is 0 Å². The number of hydrogen-bond acceptors (Lipinski definition) is 2. The monoisotopic (exact) mass is 205 g/mol. The zero-order valence-electron chi connectivity index (χ0n) is 7.47. The van der Waals surface area contributed by atoms with E-state index in [1.165, 1.54) is 6.92 Å². The van der Waals surface area contributed by atoms with E-state index in [4.69, 9.17) is 10.8 Å². The zero-order chi connectivity index (χ0) is 10.9. The molecular weight excluding hydrogens is 195 g/mol. The topological polar surface area (TPSA) is 46.2 Å². The van der Waals surface area contributed by atoms with Crippen molar-refractivity contribution in [2.45, 2.75) is 19.1 Å². The molecule has 3 N–H and O–H groups in total. The minimum atomic E-state index is -1.57. The average Bonchev–Trinajstić information content (AvgIpc) is 2.13. The van der Waals surface area contributed by atoms with Crippen molar-refractivity contribution in [3.8, 4) is 0 Å². The van der Waals surface area contributed by atoms with Crippen LogP contribution in [0, 0.1) is 17.5 Å². The summed E-state index contributed by atoms with van der Waals surface area (Å²) in [6.07, 6.45) is -1.03. The van der Waals surface area contributed by atoms with Crippen LogP contribution in [0.1, 0.15) is 18.5 Å². The van der Waals surface area contributed by atoms with Gasteiger partial charge >= 0.3 is 0 Å². The summed E-state index contributed by atoms with van der Waals surface area (Å²) in [5.74, 6) is -4.19. The van der Waals surface area contributed by atoms with E-state index in [0.29, 0.717) is 0 Å². The van der Waals surface area contributed by atoms with E-state index in [-0.39, 0.29) is 5.56 Å². The molecule has 0 aromatic heterocycles. The van der Waals surface area contributed by atoms with Crippen molar-refractivity contribution in [2.24, 2.45) is 5.73 Å². The van der Waals surface area contributed by atoms with Gasteiger partial charge < -0.3 is 10.8 Å². The van der Waals surface area contributed by atoms with Crippen LogP contribution in [0.25, 0.3) is 0 Å². The SMILES string of the molecule is C[C@H](O)[C@@H](N)c1ccc(F)c(F)c1F. The minimum Gasteiger partial charge on any atom is -0.391 e. The van der Waals surface area contributed by atoms with Gasteiger partial charge in [-0.15, -0.1) is 0 Å². The molecule has 2 nitrogen and oxygen atoms in total. The second-order valence-electron chi connectivity index (χ2n) is 3.03. The maximum atomic E-state index is 13.1. The van der Waals surface area contributed by atoms with E-state index in [0.717, 1.165) is 12.1 Å². The predicted octanol–water partition coefficient (Wildman–Crippen LogP) is 1.48. The summed E-state index contributed by atoms with van der Waals surface area (Å²) in [6.45, 7) is 1.34. The highest BCUT2D eigenvalue weighted by Gasteiger charge is 2.20. The van der Waals surface area contributed by atoms with Gasteiger partial charge in [0.15, 0.2) is 17.5 Å². The third kappa shape index (κ3) is 1.88. The third-order valence-electron chi connectivity index (χ3n) is 1.94. The largest absolute Gasteiger partial charge is 0.391 e. The first kappa shape index (κ1) is 11.0. The molecule has 14 heavy (non-hydrogen) atoms. The Morgan fingerprint density at radius 3 is 2.29 bits per heavy atom. The van der Waals surface area contributed by atoms with Gasteiger partial charge in [0.1, 0.15) is 0 Å². The number of aliphatic hydroxyl groups is 1. The molecule has 0 spiro atoms. The van der Waals surface area contributed by atoms with Crippen molar-refractivity contribution in [1.82, 2.24) is 0 Å². The Hall–Kier alpha value is -1.07. The molecule has 0 saturated carbocycles. The summed E-state index contributed by atoms with van der Waals surface area (Å²) >= 11 is 0. The van der Waals surface area contributed by atoms with Crippen molar-refractivity contribution < 1.29 is 18.3 Å². The van der Waals surface area contributed by atoms with Gasteiger partial charge in [0, 0.05) is 5.56 Å². The molecule has 0 unspecified atom stereocenters. The van der Waals surface area contributed by atoms with Crippen LogP contribution in [0.15, 0.2) is 12.1 Å². The van der Waals surface area contributed by atoms with Crippen molar-refractivity contribution in [2.75, 3.05) is 0 Å². The Morgan fingerprint density at radius 1 is 1.21 bits per heavy atom. The molecule has 1 aromatic rings. The first-order valence-electron chi connectivity index (χ1n) is 4.02. The number of aliphatic hydroxyl groups excluding tert-OH is 1.